The highest BCUT2D eigenvalue weighted by atomic mass is 32.1. The zero-order chi connectivity index (χ0) is 19.8. The van der Waals surface area contributed by atoms with Gasteiger partial charge in [-0.1, -0.05) is 12.1 Å². The molecule has 4 rings (SSSR count). The van der Waals surface area contributed by atoms with E-state index in [1.165, 1.54) is 27.1 Å². The molecule has 3 heterocycles. The van der Waals surface area contributed by atoms with E-state index in [0.29, 0.717) is 10.2 Å². The Morgan fingerprint density at radius 1 is 1.18 bits per heavy atom. The first-order valence-corrected chi connectivity index (χ1v) is 10.5. The Morgan fingerprint density at radius 2 is 2.00 bits per heavy atom. The molecule has 0 atom stereocenters. The number of carbonyl (C=O) groups excluding carboxylic acids is 1. The van der Waals surface area contributed by atoms with Crippen LogP contribution in [0.2, 0.25) is 0 Å². The van der Waals surface area contributed by atoms with Crippen molar-refractivity contribution in [2.75, 3.05) is 5.32 Å². The van der Waals surface area contributed by atoms with Crippen LogP contribution in [0.4, 0.5) is 5.69 Å². The lowest BCUT2D eigenvalue weighted by molar-refractivity contribution is -0.116. The average molecular weight is 410 g/mol. The van der Waals surface area contributed by atoms with Crippen LogP contribution in [0.25, 0.3) is 20.7 Å². The molecule has 0 aliphatic rings. The number of thiophene rings is 2. The second-order valence-electron chi connectivity index (χ2n) is 6.71. The summed E-state index contributed by atoms with van der Waals surface area (Å²) in [7, 11) is 0. The monoisotopic (exact) mass is 409 g/mol. The molecule has 5 nitrogen and oxygen atoms in total. The standard InChI is InChI=1S/C21H19N3O2S2/c1-12-5-4-6-16(14(12)3)23-18(25)9-24-11-22-20-19(21(24)26)15(10-27-20)17-8-7-13(2)28-17/h4-8,10-11H,9H2,1-3H3,(H,23,25). The van der Waals surface area contributed by atoms with Gasteiger partial charge in [0.05, 0.1) is 11.7 Å². The second kappa shape index (κ2) is 7.33. The fourth-order valence-electron chi connectivity index (χ4n) is 3.07. The molecule has 3 aromatic heterocycles. The summed E-state index contributed by atoms with van der Waals surface area (Å²) in [6.45, 7) is 5.92. The van der Waals surface area contributed by atoms with Gasteiger partial charge in [0.25, 0.3) is 5.56 Å². The third-order valence-electron chi connectivity index (χ3n) is 4.76. The molecule has 0 saturated carbocycles. The van der Waals surface area contributed by atoms with Crippen LogP contribution in [0, 0.1) is 20.8 Å². The van der Waals surface area contributed by atoms with Crippen LogP contribution in [-0.2, 0) is 11.3 Å². The molecule has 1 amide bonds. The minimum atomic E-state index is -0.249. The number of carbonyl (C=O) groups is 1. The van der Waals surface area contributed by atoms with Crippen molar-refractivity contribution in [2.45, 2.75) is 27.3 Å². The molecule has 1 N–H and O–H groups in total. The Labute approximate surface area is 170 Å². The van der Waals surface area contributed by atoms with Gasteiger partial charge in [-0.3, -0.25) is 14.2 Å². The van der Waals surface area contributed by atoms with Gasteiger partial charge in [0.1, 0.15) is 11.4 Å². The average Bonchev–Trinajstić information content (AvgIpc) is 3.28. The zero-order valence-corrected chi connectivity index (χ0v) is 17.4. The van der Waals surface area contributed by atoms with E-state index in [9.17, 15) is 9.59 Å². The number of aryl methyl sites for hydroxylation is 2. The summed E-state index contributed by atoms with van der Waals surface area (Å²) < 4.78 is 1.37. The van der Waals surface area contributed by atoms with Crippen LogP contribution < -0.4 is 10.9 Å². The molecular formula is C21H19N3O2S2. The van der Waals surface area contributed by atoms with Crippen LogP contribution in [0.5, 0.6) is 0 Å². The van der Waals surface area contributed by atoms with Gasteiger partial charge in [0.15, 0.2) is 0 Å². The topological polar surface area (TPSA) is 64.0 Å². The number of aromatic nitrogens is 2. The van der Waals surface area contributed by atoms with Crippen molar-refractivity contribution in [1.82, 2.24) is 9.55 Å². The Hall–Kier alpha value is -2.77. The van der Waals surface area contributed by atoms with Gasteiger partial charge in [0.2, 0.25) is 5.91 Å². The summed E-state index contributed by atoms with van der Waals surface area (Å²) >= 11 is 3.09. The highest BCUT2D eigenvalue weighted by molar-refractivity contribution is 7.19. The summed E-state index contributed by atoms with van der Waals surface area (Å²) in [6.07, 6.45) is 1.45. The molecule has 0 bridgehead atoms. The van der Waals surface area contributed by atoms with Crippen molar-refractivity contribution in [1.29, 1.82) is 0 Å². The van der Waals surface area contributed by atoms with E-state index < -0.39 is 0 Å². The Bertz CT molecular complexity index is 1250. The van der Waals surface area contributed by atoms with Gasteiger partial charge >= 0.3 is 0 Å². The second-order valence-corrected chi connectivity index (χ2v) is 8.86. The third kappa shape index (κ3) is 3.39. The van der Waals surface area contributed by atoms with E-state index in [-0.39, 0.29) is 18.0 Å². The third-order valence-corrected chi connectivity index (χ3v) is 6.68. The summed E-state index contributed by atoms with van der Waals surface area (Å²) in [6, 6.07) is 9.82. The smallest absolute Gasteiger partial charge is 0.263 e. The van der Waals surface area contributed by atoms with Gasteiger partial charge in [-0.05, 0) is 50.1 Å². The number of hydrogen-bond acceptors (Lipinski definition) is 5. The summed E-state index contributed by atoms with van der Waals surface area (Å²) in [5.41, 5.74) is 3.58. The van der Waals surface area contributed by atoms with Crippen molar-refractivity contribution >= 4 is 44.5 Å². The number of anilines is 1. The van der Waals surface area contributed by atoms with Crippen molar-refractivity contribution in [2.24, 2.45) is 0 Å². The molecule has 0 unspecified atom stereocenters. The Kier molecular flexibility index (Phi) is 4.87. The first kappa shape index (κ1) is 18.6. The molecule has 0 spiro atoms. The number of benzene rings is 1. The maximum absolute atomic E-state index is 13.1. The largest absolute Gasteiger partial charge is 0.324 e. The molecule has 4 aromatic rings. The SMILES string of the molecule is Cc1ccc(-c2csc3ncn(CC(=O)Nc4cccc(C)c4C)c(=O)c23)s1. The first-order valence-electron chi connectivity index (χ1n) is 8.83. The normalized spacial score (nSPS) is 11.1. The van der Waals surface area contributed by atoms with Gasteiger partial charge < -0.3 is 5.32 Å². The fraction of sp³-hybridized carbons (Fsp3) is 0.190. The van der Waals surface area contributed by atoms with E-state index in [2.05, 4.69) is 10.3 Å². The lowest BCUT2D eigenvalue weighted by atomic mass is 10.1. The highest BCUT2D eigenvalue weighted by Gasteiger charge is 2.16. The molecule has 142 valence electrons. The van der Waals surface area contributed by atoms with Crippen LogP contribution >= 0.6 is 22.7 Å². The van der Waals surface area contributed by atoms with E-state index in [4.69, 9.17) is 0 Å². The highest BCUT2D eigenvalue weighted by Crippen LogP contribution is 2.34. The minimum Gasteiger partial charge on any atom is -0.324 e. The van der Waals surface area contributed by atoms with E-state index >= 15 is 0 Å². The number of fused-ring (bicyclic) bond motifs is 1. The molecule has 28 heavy (non-hydrogen) atoms. The van der Waals surface area contributed by atoms with Gasteiger partial charge in [-0.25, -0.2) is 4.98 Å². The minimum absolute atomic E-state index is 0.0755. The van der Waals surface area contributed by atoms with Crippen molar-refractivity contribution in [3.8, 4) is 10.4 Å². The predicted molar refractivity (Wildman–Crippen MR) is 116 cm³/mol. The zero-order valence-electron chi connectivity index (χ0n) is 15.8. The molecule has 0 fully saturated rings. The van der Waals surface area contributed by atoms with Crippen molar-refractivity contribution in [3.05, 3.63) is 68.4 Å². The van der Waals surface area contributed by atoms with Crippen LogP contribution in [0.1, 0.15) is 16.0 Å². The molecule has 0 radical (unpaired) electrons. The van der Waals surface area contributed by atoms with Crippen LogP contribution in [-0.4, -0.2) is 15.5 Å². The summed E-state index contributed by atoms with van der Waals surface area (Å²) in [5.74, 6) is -0.249. The number of amides is 1. The first-order chi connectivity index (χ1) is 13.4. The van der Waals surface area contributed by atoms with Crippen LogP contribution in [0.15, 0.2) is 46.8 Å². The van der Waals surface area contributed by atoms with Crippen molar-refractivity contribution < 1.29 is 4.79 Å². The summed E-state index contributed by atoms with van der Waals surface area (Å²) in [4.78, 5) is 32.9. The van der Waals surface area contributed by atoms with E-state index in [1.54, 1.807) is 11.3 Å². The lowest BCUT2D eigenvalue weighted by Crippen LogP contribution is -2.28. The number of nitrogens with zero attached hydrogens (tertiary/aromatic N) is 2. The number of nitrogens with one attached hydrogen (secondary N) is 1. The predicted octanol–water partition coefficient (Wildman–Crippen LogP) is 4.75. The maximum Gasteiger partial charge on any atom is 0.263 e. The number of rotatable bonds is 4. The van der Waals surface area contributed by atoms with Gasteiger partial charge in [-0.15, -0.1) is 22.7 Å². The molecular weight excluding hydrogens is 390 g/mol. The number of hydrogen-bond donors (Lipinski definition) is 1. The molecule has 1 aromatic carbocycles. The molecule has 0 aliphatic heterocycles. The molecule has 7 heteroatoms. The Balaban J connectivity index is 1.66. The van der Waals surface area contributed by atoms with Crippen LogP contribution in [0.3, 0.4) is 0 Å². The lowest BCUT2D eigenvalue weighted by Gasteiger charge is -2.11. The molecule has 0 saturated heterocycles. The fourth-order valence-corrected chi connectivity index (χ4v) is 4.93. The van der Waals surface area contributed by atoms with E-state index in [1.807, 2.05) is 56.5 Å². The Morgan fingerprint density at radius 3 is 2.75 bits per heavy atom. The quantitative estimate of drug-likeness (QED) is 0.529. The van der Waals surface area contributed by atoms with Gasteiger partial charge in [-0.2, -0.15) is 0 Å². The van der Waals surface area contributed by atoms with E-state index in [0.717, 1.165) is 27.3 Å². The van der Waals surface area contributed by atoms with Gasteiger partial charge in [0, 0.05) is 26.4 Å². The van der Waals surface area contributed by atoms with Crippen molar-refractivity contribution in [3.63, 3.8) is 0 Å². The summed E-state index contributed by atoms with van der Waals surface area (Å²) in [5, 5.41) is 5.44. The molecule has 0 aliphatic carbocycles. The maximum atomic E-state index is 13.1.